The predicted octanol–water partition coefficient (Wildman–Crippen LogP) is 2.79. The van der Waals surface area contributed by atoms with E-state index in [0.717, 1.165) is 23.6 Å². The zero-order valence-corrected chi connectivity index (χ0v) is 11.4. The molecule has 1 aromatic carbocycles. The van der Waals surface area contributed by atoms with Crippen molar-refractivity contribution in [1.29, 1.82) is 0 Å². The number of fused-ring (bicyclic) bond motifs is 1. The summed E-state index contributed by atoms with van der Waals surface area (Å²) in [6.45, 7) is 1.70. The number of rotatable bonds is 3. The highest BCUT2D eigenvalue weighted by Crippen LogP contribution is 2.28. The first-order valence-electron chi connectivity index (χ1n) is 6.07. The lowest BCUT2D eigenvalue weighted by Crippen LogP contribution is -1.97. The van der Waals surface area contributed by atoms with Crippen molar-refractivity contribution in [3.8, 4) is 11.3 Å². The van der Waals surface area contributed by atoms with Gasteiger partial charge in [0.25, 0.3) is 0 Å². The molecular formula is C13H11F2N3OS. The number of hydrogen-bond acceptors (Lipinski definition) is 4. The smallest absolute Gasteiger partial charge is 0.213 e. The molecule has 3 rings (SSSR count). The molecule has 0 aliphatic heterocycles. The second kappa shape index (κ2) is 4.92. The van der Waals surface area contributed by atoms with Crippen LogP contribution in [0.4, 0.5) is 8.78 Å². The van der Waals surface area contributed by atoms with E-state index in [2.05, 4.69) is 10.1 Å². The number of hydrogen-bond donors (Lipinski definition) is 1. The topological polar surface area (TPSA) is 50.4 Å². The number of benzene rings is 1. The minimum Gasteiger partial charge on any atom is -0.390 e. The molecule has 2 aromatic heterocycles. The van der Waals surface area contributed by atoms with E-state index in [4.69, 9.17) is 0 Å². The van der Waals surface area contributed by atoms with Crippen LogP contribution in [0.5, 0.6) is 0 Å². The number of aliphatic hydroxyl groups is 1. The van der Waals surface area contributed by atoms with Crippen LogP contribution in [0.1, 0.15) is 17.6 Å². The van der Waals surface area contributed by atoms with Crippen LogP contribution < -0.4 is 0 Å². The molecule has 0 aliphatic rings. The fourth-order valence-electron chi connectivity index (χ4n) is 1.99. The highest BCUT2D eigenvalue weighted by Gasteiger charge is 2.18. The summed E-state index contributed by atoms with van der Waals surface area (Å²) in [5.41, 5.74) is 1.32. The van der Waals surface area contributed by atoms with E-state index >= 15 is 0 Å². The monoisotopic (exact) mass is 295 g/mol. The van der Waals surface area contributed by atoms with Gasteiger partial charge in [-0.1, -0.05) is 18.3 Å². The highest BCUT2D eigenvalue weighted by molar-refractivity contribution is 7.16. The van der Waals surface area contributed by atoms with Gasteiger partial charge in [0.2, 0.25) is 4.96 Å². The van der Waals surface area contributed by atoms with Crippen molar-refractivity contribution in [2.75, 3.05) is 0 Å². The van der Waals surface area contributed by atoms with E-state index in [1.54, 1.807) is 4.52 Å². The first kappa shape index (κ1) is 13.1. The van der Waals surface area contributed by atoms with E-state index < -0.39 is 11.6 Å². The van der Waals surface area contributed by atoms with Crippen molar-refractivity contribution in [3.63, 3.8) is 0 Å². The summed E-state index contributed by atoms with van der Waals surface area (Å²) >= 11 is 1.41. The molecule has 1 N–H and O–H groups in total. The Balaban J connectivity index is 2.19. The van der Waals surface area contributed by atoms with Gasteiger partial charge in [-0.25, -0.2) is 18.3 Å². The van der Waals surface area contributed by atoms with Gasteiger partial charge >= 0.3 is 0 Å². The molecular weight excluding hydrogens is 284 g/mol. The van der Waals surface area contributed by atoms with Crippen LogP contribution in [0.25, 0.3) is 16.2 Å². The van der Waals surface area contributed by atoms with E-state index in [1.165, 1.54) is 17.4 Å². The first-order valence-corrected chi connectivity index (χ1v) is 6.89. The maximum Gasteiger partial charge on any atom is 0.213 e. The second-order valence-corrected chi connectivity index (χ2v) is 5.28. The Labute approximate surface area is 117 Å². The molecule has 20 heavy (non-hydrogen) atoms. The van der Waals surface area contributed by atoms with E-state index in [1.807, 2.05) is 6.92 Å². The third-order valence-corrected chi connectivity index (χ3v) is 4.04. The zero-order valence-electron chi connectivity index (χ0n) is 10.6. The van der Waals surface area contributed by atoms with Gasteiger partial charge < -0.3 is 5.11 Å². The van der Waals surface area contributed by atoms with Gasteiger partial charge in [-0.3, -0.25) is 0 Å². The first-order chi connectivity index (χ1) is 9.63. The van der Waals surface area contributed by atoms with Crippen molar-refractivity contribution < 1.29 is 13.9 Å². The molecule has 7 heteroatoms. The fourth-order valence-corrected chi connectivity index (χ4v) is 2.84. The molecule has 2 heterocycles. The van der Waals surface area contributed by atoms with Crippen LogP contribution in [-0.4, -0.2) is 19.7 Å². The Morgan fingerprint density at radius 3 is 2.75 bits per heavy atom. The molecule has 0 bridgehead atoms. The largest absolute Gasteiger partial charge is 0.390 e. The lowest BCUT2D eigenvalue weighted by atomic mass is 10.1. The van der Waals surface area contributed by atoms with Crippen molar-refractivity contribution in [3.05, 3.63) is 40.5 Å². The molecule has 0 amide bonds. The molecule has 0 unspecified atom stereocenters. The second-order valence-electron chi connectivity index (χ2n) is 4.24. The summed E-state index contributed by atoms with van der Waals surface area (Å²) in [6.07, 6.45) is 0.777. The van der Waals surface area contributed by atoms with Crippen molar-refractivity contribution in [1.82, 2.24) is 14.6 Å². The Hall–Kier alpha value is -1.86. The van der Waals surface area contributed by atoms with Crippen LogP contribution >= 0.6 is 11.3 Å². The number of nitrogens with zero attached hydrogens (tertiary/aromatic N) is 3. The van der Waals surface area contributed by atoms with Crippen LogP contribution in [-0.2, 0) is 13.0 Å². The number of aromatic nitrogens is 3. The van der Waals surface area contributed by atoms with E-state index in [-0.39, 0.29) is 6.61 Å². The number of aliphatic hydroxyl groups excluding tert-OH is 1. The summed E-state index contributed by atoms with van der Waals surface area (Å²) in [6, 6.07) is 3.55. The molecule has 0 aliphatic carbocycles. The normalized spacial score (nSPS) is 11.4. The molecule has 104 valence electrons. The number of aryl methyl sites for hydroxylation is 1. The summed E-state index contributed by atoms with van der Waals surface area (Å²) < 4.78 is 27.9. The Morgan fingerprint density at radius 1 is 1.30 bits per heavy atom. The van der Waals surface area contributed by atoms with Crippen LogP contribution in [0.3, 0.4) is 0 Å². The van der Waals surface area contributed by atoms with Gasteiger partial charge in [0.1, 0.15) is 5.01 Å². The fraction of sp³-hybridized carbons (Fsp3) is 0.231. The minimum atomic E-state index is -0.940. The average molecular weight is 295 g/mol. The third-order valence-electron chi connectivity index (χ3n) is 2.98. The van der Waals surface area contributed by atoms with Crippen molar-refractivity contribution in [2.45, 2.75) is 20.0 Å². The molecule has 3 aromatic rings. The standard InChI is InChI=1S/C13H11F2N3OS/c1-2-11-17-18-10(6-19)12(16-13(18)20-11)7-3-4-8(14)9(15)5-7/h3-5,19H,2,6H2,1H3. The quantitative estimate of drug-likeness (QED) is 0.808. The van der Waals surface area contributed by atoms with Gasteiger partial charge in [0, 0.05) is 5.56 Å². The van der Waals surface area contributed by atoms with Gasteiger partial charge in [-0.05, 0) is 24.6 Å². The van der Waals surface area contributed by atoms with Crippen LogP contribution in [0.2, 0.25) is 0 Å². The van der Waals surface area contributed by atoms with Gasteiger partial charge in [0.05, 0.1) is 18.0 Å². The molecule has 4 nitrogen and oxygen atoms in total. The SMILES string of the molecule is CCc1nn2c(CO)c(-c3ccc(F)c(F)c3)nc2s1. The zero-order chi connectivity index (χ0) is 14.3. The summed E-state index contributed by atoms with van der Waals surface area (Å²) in [7, 11) is 0. The Bertz CT molecular complexity index is 781. The molecule has 0 saturated carbocycles. The molecule has 0 radical (unpaired) electrons. The lowest BCUT2D eigenvalue weighted by Gasteiger charge is -2.01. The summed E-state index contributed by atoms with van der Waals surface area (Å²) in [5.74, 6) is -1.85. The Kier molecular flexibility index (Phi) is 3.23. The van der Waals surface area contributed by atoms with Gasteiger partial charge in [0.15, 0.2) is 11.6 Å². The van der Waals surface area contributed by atoms with E-state index in [9.17, 15) is 13.9 Å². The molecule has 0 fully saturated rings. The predicted molar refractivity (Wildman–Crippen MR) is 71.5 cm³/mol. The summed E-state index contributed by atoms with van der Waals surface area (Å²) in [5, 5.41) is 14.7. The molecule has 0 atom stereocenters. The van der Waals surface area contributed by atoms with Crippen molar-refractivity contribution in [2.24, 2.45) is 0 Å². The van der Waals surface area contributed by atoms with Gasteiger partial charge in [-0.15, -0.1) is 0 Å². The van der Waals surface area contributed by atoms with Crippen LogP contribution in [0.15, 0.2) is 18.2 Å². The maximum absolute atomic E-state index is 13.3. The highest BCUT2D eigenvalue weighted by atomic mass is 32.1. The number of imidazole rings is 1. The summed E-state index contributed by atoms with van der Waals surface area (Å²) in [4.78, 5) is 4.99. The Morgan fingerprint density at radius 2 is 2.10 bits per heavy atom. The number of halogens is 2. The van der Waals surface area contributed by atoms with Gasteiger partial charge in [-0.2, -0.15) is 5.10 Å². The van der Waals surface area contributed by atoms with Crippen molar-refractivity contribution >= 4 is 16.3 Å². The molecule has 0 spiro atoms. The third kappa shape index (κ3) is 1.99. The average Bonchev–Trinajstić information content (AvgIpc) is 2.98. The van der Waals surface area contributed by atoms with Crippen LogP contribution in [0, 0.1) is 11.6 Å². The van der Waals surface area contributed by atoms with E-state index in [0.29, 0.717) is 21.9 Å². The minimum absolute atomic E-state index is 0.275. The maximum atomic E-state index is 13.3. The lowest BCUT2D eigenvalue weighted by molar-refractivity contribution is 0.275. The molecule has 0 saturated heterocycles.